The largest absolute Gasteiger partial charge is 0.497 e. The van der Waals surface area contributed by atoms with E-state index >= 15 is 0 Å². The van der Waals surface area contributed by atoms with Gasteiger partial charge in [-0.05, 0) is 53.1 Å². The van der Waals surface area contributed by atoms with Crippen LogP contribution < -0.4 is 15.5 Å². The number of hydrogen-bond acceptors (Lipinski definition) is 4. The van der Waals surface area contributed by atoms with Crippen LogP contribution in [-0.4, -0.2) is 35.4 Å². The lowest BCUT2D eigenvalue weighted by Gasteiger charge is -2.27. The number of ether oxygens (including phenoxy) is 1. The van der Waals surface area contributed by atoms with Gasteiger partial charge in [-0.25, -0.2) is 0 Å². The lowest BCUT2D eigenvalue weighted by molar-refractivity contribution is 0.414. The first kappa shape index (κ1) is 16.8. The molecule has 0 aliphatic carbocycles. The number of fused-ring (bicyclic) bond motifs is 1. The van der Waals surface area contributed by atoms with Crippen LogP contribution in [0, 0.1) is 0 Å². The van der Waals surface area contributed by atoms with Crippen LogP contribution in [0.3, 0.4) is 0 Å². The van der Waals surface area contributed by atoms with Crippen LogP contribution in [0.1, 0.15) is 11.1 Å². The molecule has 2 aromatic rings. The molecule has 2 N–H and O–H groups in total. The molecule has 1 aliphatic heterocycles. The monoisotopic (exact) mass is 359 g/mol. The van der Waals surface area contributed by atoms with E-state index in [2.05, 4.69) is 10.4 Å². The van der Waals surface area contributed by atoms with Gasteiger partial charge in [-0.15, -0.1) is 0 Å². The Morgan fingerprint density at radius 1 is 1.33 bits per heavy atom. The Bertz CT molecular complexity index is 785. The fourth-order valence-electron chi connectivity index (χ4n) is 2.38. The zero-order valence-corrected chi connectivity index (χ0v) is 14.5. The molecule has 122 valence electrons. The first-order valence-corrected chi connectivity index (χ1v) is 8.08. The summed E-state index contributed by atoms with van der Waals surface area (Å²) in [6, 6.07) is 12.9. The number of hydrogen-bond donors (Lipinski definition) is 2. The zero-order chi connectivity index (χ0) is 17.1. The molecule has 0 fully saturated rings. The third-order valence-corrected chi connectivity index (χ3v) is 4.26. The van der Waals surface area contributed by atoms with Gasteiger partial charge in [0.1, 0.15) is 5.75 Å². The molecule has 0 bridgehead atoms. The van der Waals surface area contributed by atoms with Gasteiger partial charge < -0.3 is 15.1 Å². The maximum absolute atomic E-state index is 10.5. The summed E-state index contributed by atoms with van der Waals surface area (Å²) in [5.41, 5.74) is 2.54. The number of thiocarbonyl (C=S) groups is 1. The molecule has 24 heavy (non-hydrogen) atoms. The van der Waals surface area contributed by atoms with Crippen LogP contribution in [0.15, 0.2) is 47.6 Å². The van der Waals surface area contributed by atoms with Crippen molar-refractivity contribution in [3.8, 4) is 5.75 Å². The van der Waals surface area contributed by atoms with Gasteiger partial charge in [0.05, 0.1) is 13.3 Å². The summed E-state index contributed by atoms with van der Waals surface area (Å²) in [6.07, 6.45) is 1.63. The van der Waals surface area contributed by atoms with E-state index in [-0.39, 0.29) is 0 Å². The van der Waals surface area contributed by atoms with Gasteiger partial charge in [-0.1, -0.05) is 29.8 Å². The molecule has 0 saturated heterocycles. The number of methoxy groups -OCH3 is 1. The minimum atomic E-state index is -0.946. The smallest absolute Gasteiger partial charge is 0.473 e. The van der Waals surface area contributed by atoms with Crippen molar-refractivity contribution in [3.63, 3.8) is 0 Å². The Kier molecular flexibility index (Phi) is 5.04. The van der Waals surface area contributed by atoms with Gasteiger partial charge in [-0.2, -0.15) is 5.10 Å². The van der Waals surface area contributed by atoms with Gasteiger partial charge in [0.15, 0.2) is 5.11 Å². The summed E-state index contributed by atoms with van der Waals surface area (Å²) in [7, 11) is 0.682. The highest BCUT2D eigenvalue weighted by molar-refractivity contribution is 7.80. The summed E-state index contributed by atoms with van der Waals surface area (Å²) in [5.74, 6) is 0.799. The quantitative estimate of drug-likeness (QED) is 0.646. The number of hydrazone groups is 1. The maximum atomic E-state index is 10.5. The molecule has 1 aliphatic rings. The van der Waals surface area contributed by atoms with Gasteiger partial charge in [0.2, 0.25) is 0 Å². The van der Waals surface area contributed by atoms with Crippen LogP contribution in [0.5, 0.6) is 5.75 Å². The summed E-state index contributed by atoms with van der Waals surface area (Å²) in [4.78, 5) is 1.37. The van der Waals surface area contributed by atoms with E-state index in [1.165, 1.54) is 4.92 Å². The Labute approximate surface area is 151 Å². The Balaban J connectivity index is 1.66. The first-order chi connectivity index (χ1) is 11.6. The molecule has 2 aromatic carbocycles. The second-order valence-electron chi connectivity index (χ2n) is 5.24. The highest BCUT2D eigenvalue weighted by Gasteiger charge is 2.31. The standard InChI is InChI=1S/C16H15BClN3O2S/c1-23-14-5-2-11(3-6-14)9-19-16(24)21-17(22)15-7-4-13(18)8-12(15)10-20-21/h2-8,10,22H,9H2,1H3,(H,19,24). The highest BCUT2D eigenvalue weighted by Crippen LogP contribution is 2.14. The molecule has 5 nitrogen and oxygen atoms in total. The van der Waals surface area contributed by atoms with Crippen molar-refractivity contribution in [2.24, 2.45) is 5.10 Å². The normalized spacial score (nSPS) is 12.8. The molecule has 0 saturated carbocycles. The van der Waals surface area contributed by atoms with E-state index in [1.54, 1.807) is 31.5 Å². The van der Waals surface area contributed by atoms with E-state index in [4.69, 9.17) is 28.6 Å². The van der Waals surface area contributed by atoms with Crippen LogP contribution in [0.2, 0.25) is 5.02 Å². The molecule has 0 spiro atoms. The lowest BCUT2D eigenvalue weighted by Crippen LogP contribution is -2.54. The SMILES string of the molecule is COc1ccc(CNC(=S)N2N=Cc3cc(Cl)ccc3B2O)cc1. The van der Waals surface area contributed by atoms with Crippen molar-refractivity contribution >= 4 is 47.7 Å². The topological polar surface area (TPSA) is 57.1 Å². The highest BCUT2D eigenvalue weighted by atomic mass is 35.5. The molecule has 0 atom stereocenters. The number of benzene rings is 2. The van der Waals surface area contributed by atoms with Gasteiger partial charge in [0.25, 0.3) is 0 Å². The third-order valence-electron chi connectivity index (χ3n) is 3.69. The lowest BCUT2D eigenvalue weighted by atomic mass is 9.70. The molecular formula is C16H15BClN3O2S. The molecule has 3 rings (SSSR count). The molecule has 0 amide bonds. The van der Waals surface area contributed by atoms with Crippen molar-refractivity contribution in [2.75, 3.05) is 7.11 Å². The predicted molar refractivity (Wildman–Crippen MR) is 101 cm³/mol. The predicted octanol–water partition coefficient (Wildman–Crippen LogP) is 1.76. The minimum absolute atomic E-state index is 0.343. The third kappa shape index (κ3) is 3.53. The molecular weight excluding hydrogens is 345 g/mol. The van der Waals surface area contributed by atoms with Crippen molar-refractivity contribution in [2.45, 2.75) is 6.54 Å². The van der Waals surface area contributed by atoms with Gasteiger partial charge >= 0.3 is 7.05 Å². The van der Waals surface area contributed by atoms with E-state index < -0.39 is 7.05 Å². The Morgan fingerprint density at radius 2 is 2.08 bits per heavy atom. The zero-order valence-electron chi connectivity index (χ0n) is 12.9. The van der Waals surface area contributed by atoms with E-state index in [0.29, 0.717) is 22.1 Å². The van der Waals surface area contributed by atoms with Crippen LogP contribution >= 0.6 is 23.8 Å². The maximum Gasteiger partial charge on any atom is 0.473 e. The number of halogens is 1. The molecule has 0 aromatic heterocycles. The summed E-state index contributed by atoms with van der Waals surface area (Å²) in [6.45, 7) is 0.523. The Hall–Kier alpha value is -2.09. The fraction of sp³-hybridized carbons (Fsp3) is 0.125. The van der Waals surface area contributed by atoms with E-state index in [1.807, 2.05) is 24.3 Å². The van der Waals surface area contributed by atoms with Crippen LogP contribution in [-0.2, 0) is 6.54 Å². The molecule has 0 unspecified atom stereocenters. The average molecular weight is 360 g/mol. The first-order valence-electron chi connectivity index (χ1n) is 7.30. The van der Waals surface area contributed by atoms with Crippen molar-refractivity contribution in [1.82, 2.24) is 10.2 Å². The number of rotatable bonds is 3. The molecule has 1 heterocycles. The van der Waals surface area contributed by atoms with Crippen molar-refractivity contribution < 1.29 is 9.76 Å². The fourth-order valence-corrected chi connectivity index (χ4v) is 2.78. The van der Waals surface area contributed by atoms with E-state index in [0.717, 1.165) is 16.9 Å². The molecule has 8 heteroatoms. The Morgan fingerprint density at radius 3 is 2.79 bits per heavy atom. The summed E-state index contributed by atoms with van der Waals surface area (Å²) in [5, 5.41) is 18.7. The molecule has 0 radical (unpaired) electrons. The second-order valence-corrected chi connectivity index (χ2v) is 6.07. The number of nitrogens with one attached hydrogen (secondary N) is 1. The van der Waals surface area contributed by atoms with Crippen molar-refractivity contribution in [3.05, 3.63) is 58.6 Å². The van der Waals surface area contributed by atoms with Crippen LogP contribution in [0.4, 0.5) is 0 Å². The second kappa shape index (κ2) is 7.21. The summed E-state index contributed by atoms with van der Waals surface area (Å²) >= 11 is 11.3. The van der Waals surface area contributed by atoms with Crippen molar-refractivity contribution in [1.29, 1.82) is 0 Å². The van der Waals surface area contributed by atoms with Gasteiger partial charge in [-0.3, -0.25) is 4.92 Å². The van der Waals surface area contributed by atoms with Gasteiger partial charge in [0, 0.05) is 11.6 Å². The minimum Gasteiger partial charge on any atom is -0.497 e. The number of nitrogens with zero attached hydrogens (tertiary/aromatic N) is 2. The summed E-state index contributed by atoms with van der Waals surface area (Å²) < 4.78 is 5.13. The van der Waals surface area contributed by atoms with Crippen LogP contribution in [0.25, 0.3) is 0 Å². The van der Waals surface area contributed by atoms with E-state index in [9.17, 15) is 5.02 Å². The average Bonchev–Trinajstić information content (AvgIpc) is 2.60.